The molecule has 0 unspecified atom stereocenters. The molecule has 0 spiro atoms. The highest BCUT2D eigenvalue weighted by Gasteiger charge is 2.05. The Hall–Kier alpha value is -2.17. The zero-order valence-corrected chi connectivity index (χ0v) is 10.6. The molecule has 0 aliphatic rings. The van der Waals surface area contributed by atoms with Gasteiger partial charge in [0, 0.05) is 23.7 Å². The van der Waals surface area contributed by atoms with Gasteiger partial charge in [0.2, 0.25) is 5.91 Å². The first kappa shape index (κ1) is 14.9. The van der Waals surface area contributed by atoms with Gasteiger partial charge in [-0.15, -0.1) is 0 Å². The van der Waals surface area contributed by atoms with Gasteiger partial charge in [-0.3, -0.25) is 4.79 Å². The van der Waals surface area contributed by atoms with E-state index >= 15 is 0 Å². The highest BCUT2D eigenvalue weighted by atomic mass is 19.1. The number of carboxylic acids is 1. The van der Waals surface area contributed by atoms with E-state index in [1.54, 1.807) is 0 Å². The number of hydrogen-bond donors (Lipinski definition) is 2. The van der Waals surface area contributed by atoms with Crippen molar-refractivity contribution in [2.24, 2.45) is 0 Å². The number of hydrogen-bond acceptors (Lipinski definition) is 2. The van der Waals surface area contributed by atoms with Gasteiger partial charge in [0.25, 0.3) is 0 Å². The molecule has 0 fully saturated rings. The lowest BCUT2D eigenvalue weighted by atomic mass is 10.1. The molecule has 0 bridgehead atoms. The largest absolute Gasteiger partial charge is 0.478 e. The quantitative estimate of drug-likeness (QED) is 0.777. The molecule has 1 aromatic rings. The lowest BCUT2D eigenvalue weighted by Gasteiger charge is -2.06. The molecule has 0 aliphatic heterocycles. The van der Waals surface area contributed by atoms with E-state index in [9.17, 15) is 14.0 Å². The fourth-order valence-electron chi connectivity index (χ4n) is 1.47. The number of halogens is 1. The molecule has 0 radical (unpaired) electrons. The topological polar surface area (TPSA) is 66.4 Å². The van der Waals surface area contributed by atoms with Crippen LogP contribution in [0.1, 0.15) is 31.7 Å². The van der Waals surface area contributed by atoms with E-state index in [2.05, 4.69) is 5.32 Å². The normalized spacial score (nSPS) is 10.6. The summed E-state index contributed by atoms with van der Waals surface area (Å²) in [5.41, 5.74) is 0.572. The van der Waals surface area contributed by atoms with Gasteiger partial charge >= 0.3 is 5.97 Å². The molecule has 19 heavy (non-hydrogen) atoms. The van der Waals surface area contributed by atoms with Crippen LogP contribution in [0.5, 0.6) is 0 Å². The zero-order valence-electron chi connectivity index (χ0n) is 10.6. The Morgan fingerprint density at radius 3 is 2.79 bits per heavy atom. The SMILES string of the molecule is CCCCC(=O)Nc1ccc(F)c(/C=C/C(=O)O)c1. The number of unbranched alkanes of at least 4 members (excludes halogenated alkanes) is 1. The fourth-order valence-corrected chi connectivity index (χ4v) is 1.47. The summed E-state index contributed by atoms with van der Waals surface area (Å²) < 4.78 is 13.4. The Balaban J connectivity index is 2.78. The van der Waals surface area contributed by atoms with E-state index in [4.69, 9.17) is 5.11 Å². The second-order valence-electron chi connectivity index (χ2n) is 4.06. The first-order valence-electron chi connectivity index (χ1n) is 6.03. The maximum Gasteiger partial charge on any atom is 0.328 e. The first-order chi connectivity index (χ1) is 9.02. The molecule has 2 N–H and O–H groups in total. The summed E-state index contributed by atoms with van der Waals surface area (Å²) in [6.07, 6.45) is 4.12. The van der Waals surface area contributed by atoms with Crippen molar-refractivity contribution in [3.8, 4) is 0 Å². The molecule has 0 aromatic heterocycles. The third-order valence-electron chi connectivity index (χ3n) is 2.44. The van der Waals surface area contributed by atoms with Gasteiger partial charge in [-0.05, 0) is 30.7 Å². The molecule has 0 saturated carbocycles. The highest BCUT2D eigenvalue weighted by Crippen LogP contribution is 2.16. The second-order valence-corrected chi connectivity index (χ2v) is 4.06. The van der Waals surface area contributed by atoms with Gasteiger partial charge in [-0.1, -0.05) is 13.3 Å². The molecule has 1 amide bonds. The predicted octanol–water partition coefficient (Wildman–Crippen LogP) is 3.05. The zero-order chi connectivity index (χ0) is 14.3. The highest BCUT2D eigenvalue weighted by molar-refractivity contribution is 5.91. The van der Waals surface area contributed by atoms with E-state index in [-0.39, 0.29) is 11.5 Å². The molecule has 0 saturated heterocycles. The summed E-state index contributed by atoms with van der Waals surface area (Å²) in [5.74, 6) is -1.83. The molecule has 5 heteroatoms. The third-order valence-corrected chi connectivity index (χ3v) is 2.44. The van der Waals surface area contributed by atoms with Crippen LogP contribution in [0, 0.1) is 5.82 Å². The number of rotatable bonds is 6. The first-order valence-corrected chi connectivity index (χ1v) is 6.03. The third kappa shape index (κ3) is 5.33. The Morgan fingerprint density at radius 2 is 2.16 bits per heavy atom. The summed E-state index contributed by atoms with van der Waals surface area (Å²) in [4.78, 5) is 21.9. The Labute approximate surface area is 110 Å². The summed E-state index contributed by atoms with van der Waals surface area (Å²) in [5, 5.41) is 11.1. The number of carbonyl (C=O) groups excluding carboxylic acids is 1. The van der Waals surface area contributed by atoms with Gasteiger partial charge in [-0.2, -0.15) is 0 Å². The maximum absolute atomic E-state index is 13.4. The van der Waals surface area contributed by atoms with Gasteiger partial charge in [0.05, 0.1) is 0 Å². The van der Waals surface area contributed by atoms with Crippen LogP contribution in [0.15, 0.2) is 24.3 Å². The molecule has 0 aliphatic carbocycles. The minimum absolute atomic E-state index is 0.121. The monoisotopic (exact) mass is 265 g/mol. The van der Waals surface area contributed by atoms with Crippen molar-refractivity contribution < 1.29 is 19.1 Å². The van der Waals surface area contributed by atoms with Crippen LogP contribution in [0.3, 0.4) is 0 Å². The summed E-state index contributed by atoms with van der Waals surface area (Å²) in [7, 11) is 0. The number of carboxylic acid groups (broad SMARTS) is 1. The van der Waals surface area contributed by atoms with Crippen molar-refractivity contribution in [3.05, 3.63) is 35.7 Å². The standard InChI is InChI=1S/C14H16FNO3/c1-2-3-4-13(17)16-11-6-7-12(15)10(9-11)5-8-14(18)19/h5-9H,2-4H2,1H3,(H,16,17)(H,18,19)/b8-5+. The minimum atomic E-state index is -1.16. The summed E-state index contributed by atoms with van der Waals surface area (Å²) in [6.45, 7) is 1.99. The maximum atomic E-state index is 13.4. The predicted molar refractivity (Wildman–Crippen MR) is 71.2 cm³/mol. The number of amides is 1. The molecule has 102 valence electrons. The number of nitrogens with one attached hydrogen (secondary N) is 1. The lowest BCUT2D eigenvalue weighted by Crippen LogP contribution is -2.11. The van der Waals surface area contributed by atoms with Crippen LogP contribution >= 0.6 is 0 Å². The number of benzene rings is 1. The number of anilines is 1. The molecule has 0 atom stereocenters. The average molecular weight is 265 g/mol. The lowest BCUT2D eigenvalue weighted by molar-refractivity contribution is -0.131. The number of carbonyl (C=O) groups is 2. The molecular formula is C14H16FNO3. The Bertz CT molecular complexity index is 497. The molecule has 0 heterocycles. The van der Waals surface area contributed by atoms with Crippen molar-refractivity contribution >= 4 is 23.6 Å². The summed E-state index contributed by atoms with van der Waals surface area (Å²) in [6, 6.07) is 4.03. The van der Waals surface area contributed by atoms with Crippen molar-refractivity contribution in [2.75, 3.05) is 5.32 Å². The van der Waals surface area contributed by atoms with Crippen LogP contribution in [0.25, 0.3) is 6.08 Å². The summed E-state index contributed by atoms with van der Waals surface area (Å²) >= 11 is 0. The van der Waals surface area contributed by atoms with E-state index < -0.39 is 11.8 Å². The van der Waals surface area contributed by atoms with Gasteiger partial charge in [-0.25, -0.2) is 9.18 Å². The Morgan fingerprint density at radius 1 is 1.42 bits per heavy atom. The average Bonchev–Trinajstić information content (AvgIpc) is 2.37. The Kier molecular flexibility index (Phi) is 5.73. The van der Waals surface area contributed by atoms with E-state index in [0.717, 1.165) is 25.0 Å². The van der Waals surface area contributed by atoms with Gasteiger partial charge < -0.3 is 10.4 Å². The van der Waals surface area contributed by atoms with Gasteiger partial charge in [0.1, 0.15) is 5.82 Å². The number of aliphatic carboxylic acids is 1. The minimum Gasteiger partial charge on any atom is -0.478 e. The molecule has 1 rings (SSSR count). The second kappa shape index (κ2) is 7.31. The van der Waals surface area contributed by atoms with Crippen LogP contribution < -0.4 is 5.32 Å². The smallest absolute Gasteiger partial charge is 0.328 e. The van der Waals surface area contributed by atoms with Crippen LogP contribution in [-0.4, -0.2) is 17.0 Å². The molecular weight excluding hydrogens is 249 g/mol. The van der Waals surface area contributed by atoms with E-state index in [1.165, 1.54) is 18.2 Å². The fraction of sp³-hybridized carbons (Fsp3) is 0.286. The van der Waals surface area contributed by atoms with Crippen LogP contribution in [0.4, 0.5) is 10.1 Å². The molecule has 1 aromatic carbocycles. The molecule has 4 nitrogen and oxygen atoms in total. The van der Waals surface area contributed by atoms with Crippen molar-refractivity contribution in [1.82, 2.24) is 0 Å². The van der Waals surface area contributed by atoms with Crippen molar-refractivity contribution in [1.29, 1.82) is 0 Å². The van der Waals surface area contributed by atoms with Crippen molar-refractivity contribution in [3.63, 3.8) is 0 Å². The van der Waals surface area contributed by atoms with E-state index in [1.807, 2.05) is 6.92 Å². The van der Waals surface area contributed by atoms with Crippen LogP contribution in [0.2, 0.25) is 0 Å². The van der Waals surface area contributed by atoms with E-state index in [0.29, 0.717) is 12.1 Å². The van der Waals surface area contributed by atoms with Gasteiger partial charge in [0.15, 0.2) is 0 Å². The van der Waals surface area contributed by atoms with Crippen LogP contribution in [-0.2, 0) is 9.59 Å². The van der Waals surface area contributed by atoms with Crippen molar-refractivity contribution in [2.45, 2.75) is 26.2 Å².